The number of aryl methyl sites for hydroxylation is 1. The van der Waals surface area contributed by atoms with E-state index in [0.29, 0.717) is 5.15 Å². The predicted octanol–water partition coefficient (Wildman–Crippen LogP) is 3.17. The van der Waals surface area contributed by atoms with E-state index in [2.05, 4.69) is 28.3 Å². The molecule has 2 aromatic rings. The summed E-state index contributed by atoms with van der Waals surface area (Å²) in [6.07, 6.45) is 3.25. The molecule has 0 N–H and O–H groups in total. The Morgan fingerprint density at radius 2 is 2.23 bits per heavy atom. The summed E-state index contributed by atoms with van der Waals surface area (Å²) in [5, 5.41) is 2.48. The number of rotatable bonds is 1. The van der Waals surface area contributed by atoms with Crippen LogP contribution in [0.15, 0.2) is 23.8 Å². The van der Waals surface area contributed by atoms with Crippen molar-refractivity contribution in [2.45, 2.75) is 6.92 Å². The zero-order chi connectivity index (χ0) is 9.26. The zero-order valence-electron chi connectivity index (χ0n) is 6.99. The van der Waals surface area contributed by atoms with Crippen LogP contribution < -0.4 is 0 Å². The molecule has 0 unspecified atom stereocenters. The summed E-state index contributed by atoms with van der Waals surface area (Å²) in [5.41, 5.74) is 1.91. The molecule has 2 aromatic heterocycles. The lowest BCUT2D eigenvalue weighted by atomic mass is 10.2. The fourth-order valence-corrected chi connectivity index (χ4v) is 1.90. The number of nitrogens with zero attached hydrogens (tertiary/aromatic N) is 2. The first-order valence-corrected chi connectivity index (χ1v) is 5.04. The van der Waals surface area contributed by atoms with Crippen LogP contribution in [-0.2, 0) is 0 Å². The van der Waals surface area contributed by atoms with Crippen molar-refractivity contribution in [3.05, 3.63) is 33.9 Å². The standard InChI is InChI=1S/C9H7ClN2S/c1-6-2-7(5-13-6)8-3-11-4-9(10)12-8/h2-5H,1H3. The molecule has 2 rings (SSSR count). The molecule has 0 aliphatic rings. The highest BCUT2D eigenvalue weighted by Crippen LogP contribution is 2.23. The van der Waals surface area contributed by atoms with Crippen molar-refractivity contribution in [3.63, 3.8) is 0 Å². The molecule has 0 fully saturated rings. The lowest BCUT2D eigenvalue weighted by molar-refractivity contribution is 1.21. The SMILES string of the molecule is Cc1cc(-c2cncc(Cl)n2)cs1. The van der Waals surface area contributed by atoms with Crippen molar-refractivity contribution in [1.82, 2.24) is 9.97 Å². The van der Waals surface area contributed by atoms with E-state index in [1.54, 1.807) is 17.5 Å². The molecule has 0 aromatic carbocycles. The average molecular weight is 211 g/mol. The molecule has 0 atom stereocenters. The number of hydrogen-bond acceptors (Lipinski definition) is 3. The first-order chi connectivity index (χ1) is 6.25. The topological polar surface area (TPSA) is 25.8 Å². The minimum absolute atomic E-state index is 0.432. The summed E-state index contributed by atoms with van der Waals surface area (Å²) in [5.74, 6) is 0. The van der Waals surface area contributed by atoms with Gasteiger partial charge >= 0.3 is 0 Å². The van der Waals surface area contributed by atoms with Crippen LogP contribution in [0.5, 0.6) is 0 Å². The van der Waals surface area contributed by atoms with E-state index in [-0.39, 0.29) is 0 Å². The zero-order valence-corrected chi connectivity index (χ0v) is 8.56. The van der Waals surface area contributed by atoms with Gasteiger partial charge in [0.05, 0.1) is 18.1 Å². The van der Waals surface area contributed by atoms with Crippen LogP contribution in [0.2, 0.25) is 5.15 Å². The molecule has 66 valence electrons. The van der Waals surface area contributed by atoms with Gasteiger partial charge in [-0.15, -0.1) is 11.3 Å². The van der Waals surface area contributed by atoms with E-state index in [9.17, 15) is 0 Å². The Balaban J connectivity index is 2.46. The van der Waals surface area contributed by atoms with Gasteiger partial charge in [-0.05, 0) is 13.0 Å². The van der Waals surface area contributed by atoms with Gasteiger partial charge in [-0.25, -0.2) is 4.98 Å². The van der Waals surface area contributed by atoms with Crippen molar-refractivity contribution >= 4 is 22.9 Å². The van der Waals surface area contributed by atoms with Crippen molar-refractivity contribution in [1.29, 1.82) is 0 Å². The molecule has 2 heterocycles. The van der Waals surface area contributed by atoms with Crippen LogP contribution in [-0.4, -0.2) is 9.97 Å². The third kappa shape index (κ3) is 1.87. The largest absolute Gasteiger partial charge is 0.259 e. The maximum absolute atomic E-state index is 5.73. The highest BCUT2D eigenvalue weighted by atomic mass is 35.5. The molecule has 13 heavy (non-hydrogen) atoms. The average Bonchev–Trinajstić information content (AvgIpc) is 2.52. The summed E-state index contributed by atoms with van der Waals surface area (Å²) in [7, 11) is 0. The minimum Gasteiger partial charge on any atom is -0.259 e. The predicted molar refractivity (Wildman–Crippen MR) is 55.1 cm³/mol. The molecular weight excluding hydrogens is 204 g/mol. The Kier molecular flexibility index (Phi) is 2.29. The quantitative estimate of drug-likeness (QED) is 0.723. The van der Waals surface area contributed by atoms with Gasteiger partial charge in [0.15, 0.2) is 0 Å². The van der Waals surface area contributed by atoms with Crippen molar-refractivity contribution < 1.29 is 0 Å². The van der Waals surface area contributed by atoms with Gasteiger partial charge in [-0.3, -0.25) is 4.98 Å². The highest BCUT2D eigenvalue weighted by molar-refractivity contribution is 7.10. The smallest absolute Gasteiger partial charge is 0.148 e. The molecule has 0 amide bonds. The normalized spacial score (nSPS) is 10.3. The van der Waals surface area contributed by atoms with E-state index in [4.69, 9.17) is 11.6 Å². The van der Waals surface area contributed by atoms with E-state index >= 15 is 0 Å². The monoisotopic (exact) mass is 210 g/mol. The molecule has 0 aliphatic heterocycles. The lowest BCUT2D eigenvalue weighted by Gasteiger charge is -1.95. The molecule has 0 aliphatic carbocycles. The van der Waals surface area contributed by atoms with Gasteiger partial charge in [-0.2, -0.15) is 0 Å². The molecule has 0 saturated heterocycles. The second kappa shape index (κ2) is 3.44. The summed E-state index contributed by atoms with van der Waals surface area (Å²) < 4.78 is 0. The minimum atomic E-state index is 0.432. The second-order valence-electron chi connectivity index (χ2n) is 2.67. The van der Waals surface area contributed by atoms with E-state index in [1.807, 2.05) is 0 Å². The second-order valence-corrected chi connectivity index (χ2v) is 4.18. The van der Waals surface area contributed by atoms with E-state index < -0.39 is 0 Å². The van der Waals surface area contributed by atoms with Crippen molar-refractivity contribution in [2.24, 2.45) is 0 Å². The third-order valence-corrected chi connectivity index (χ3v) is 2.67. The Hall–Kier alpha value is -0.930. The highest BCUT2D eigenvalue weighted by Gasteiger charge is 2.02. The Bertz CT molecular complexity index is 425. The van der Waals surface area contributed by atoms with Crippen molar-refractivity contribution in [2.75, 3.05) is 0 Å². The Labute approximate surface area is 85.2 Å². The number of aromatic nitrogens is 2. The van der Waals surface area contributed by atoms with Crippen LogP contribution in [0.3, 0.4) is 0 Å². The van der Waals surface area contributed by atoms with Gasteiger partial charge in [-0.1, -0.05) is 11.6 Å². The van der Waals surface area contributed by atoms with Crippen LogP contribution in [0.4, 0.5) is 0 Å². The first-order valence-electron chi connectivity index (χ1n) is 3.79. The summed E-state index contributed by atoms with van der Waals surface area (Å²) in [4.78, 5) is 9.41. The molecule has 4 heteroatoms. The summed E-state index contributed by atoms with van der Waals surface area (Å²) >= 11 is 7.43. The fourth-order valence-electron chi connectivity index (χ4n) is 1.06. The van der Waals surface area contributed by atoms with Gasteiger partial charge in [0.25, 0.3) is 0 Å². The van der Waals surface area contributed by atoms with Crippen LogP contribution >= 0.6 is 22.9 Å². The summed E-state index contributed by atoms with van der Waals surface area (Å²) in [6.45, 7) is 2.06. The maximum Gasteiger partial charge on any atom is 0.148 e. The summed E-state index contributed by atoms with van der Waals surface area (Å²) in [6, 6.07) is 2.07. The third-order valence-electron chi connectivity index (χ3n) is 1.63. The van der Waals surface area contributed by atoms with Gasteiger partial charge < -0.3 is 0 Å². The molecule has 0 radical (unpaired) electrons. The maximum atomic E-state index is 5.73. The van der Waals surface area contributed by atoms with Gasteiger partial charge in [0.2, 0.25) is 0 Å². The molecule has 0 saturated carbocycles. The fraction of sp³-hybridized carbons (Fsp3) is 0.111. The number of halogens is 1. The molecular formula is C9H7ClN2S. The van der Waals surface area contributed by atoms with Gasteiger partial charge in [0.1, 0.15) is 5.15 Å². The molecule has 0 bridgehead atoms. The number of hydrogen-bond donors (Lipinski definition) is 0. The Morgan fingerprint density at radius 1 is 1.38 bits per heavy atom. The lowest BCUT2D eigenvalue weighted by Crippen LogP contribution is -1.83. The Morgan fingerprint density at radius 3 is 2.85 bits per heavy atom. The van der Waals surface area contributed by atoms with Crippen LogP contribution in [0.1, 0.15) is 4.88 Å². The molecule has 2 nitrogen and oxygen atoms in total. The van der Waals surface area contributed by atoms with E-state index in [0.717, 1.165) is 11.3 Å². The van der Waals surface area contributed by atoms with Crippen LogP contribution in [0.25, 0.3) is 11.3 Å². The molecule has 0 spiro atoms. The van der Waals surface area contributed by atoms with Crippen molar-refractivity contribution in [3.8, 4) is 11.3 Å². The van der Waals surface area contributed by atoms with E-state index in [1.165, 1.54) is 11.1 Å². The first kappa shape index (κ1) is 8.66. The van der Waals surface area contributed by atoms with Crippen LogP contribution in [0, 0.1) is 6.92 Å². The van der Waals surface area contributed by atoms with Gasteiger partial charge in [0, 0.05) is 15.8 Å². The number of thiophene rings is 1.